The van der Waals surface area contributed by atoms with Crippen LogP contribution in [0.25, 0.3) is 10.2 Å². The molecule has 1 N–H and O–H groups in total. The van der Waals surface area contributed by atoms with Gasteiger partial charge in [-0.25, -0.2) is 14.8 Å². The van der Waals surface area contributed by atoms with Crippen LogP contribution in [0.4, 0.5) is 11.5 Å². The Morgan fingerprint density at radius 2 is 1.82 bits per heavy atom. The van der Waals surface area contributed by atoms with Gasteiger partial charge in [-0.2, -0.15) is 0 Å². The summed E-state index contributed by atoms with van der Waals surface area (Å²) in [6, 6.07) is 12.2. The van der Waals surface area contributed by atoms with Crippen LogP contribution in [0.1, 0.15) is 28.4 Å². The fraction of sp³-hybridized carbons (Fsp3) is 0.143. The Kier molecular flexibility index (Phi) is 5.25. The molecule has 0 aliphatic rings. The van der Waals surface area contributed by atoms with Gasteiger partial charge in [0.1, 0.15) is 17.0 Å². The minimum absolute atomic E-state index is 0.325. The van der Waals surface area contributed by atoms with E-state index in [-0.39, 0.29) is 5.97 Å². The van der Waals surface area contributed by atoms with Gasteiger partial charge in [-0.3, -0.25) is 4.98 Å². The third-order valence-corrected chi connectivity index (χ3v) is 5.13. The number of carbonyl (C=O) groups excluding carboxylic acids is 1. The third kappa shape index (κ3) is 3.84. The minimum Gasteiger partial charge on any atom is -0.462 e. The van der Waals surface area contributed by atoms with Crippen LogP contribution in [0, 0.1) is 0 Å². The van der Waals surface area contributed by atoms with Gasteiger partial charge in [0.15, 0.2) is 0 Å². The zero-order valence-corrected chi connectivity index (χ0v) is 16.1. The molecule has 4 rings (SSSR count). The normalized spacial score (nSPS) is 10.8. The van der Waals surface area contributed by atoms with Gasteiger partial charge in [-0.1, -0.05) is 12.1 Å². The van der Waals surface area contributed by atoms with Crippen molar-refractivity contribution in [3.8, 4) is 0 Å². The average Bonchev–Trinajstić information content (AvgIpc) is 3.16. The van der Waals surface area contributed by atoms with E-state index in [1.54, 1.807) is 24.7 Å². The van der Waals surface area contributed by atoms with Crippen LogP contribution in [0.5, 0.6) is 0 Å². The number of carbonyl (C=O) groups is 1. The van der Waals surface area contributed by atoms with E-state index in [1.165, 1.54) is 28.8 Å². The number of rotatable bonds is 6. The highest BCUT2D eigenvalue weighted by molar-refractivity contribution is 7.17. The van der Waals surface area contributed by atoms with Gasteiger partial charge in [0, 0.05) is 23.5 Å². The van der Waals surface area contributed by atoms with Crippen molar-refractivity contribution in [2.45, 2.75) is 13.3 Å². The van der Waals surface area contributed by atoms with Crippen molar-refractivity contribution in [1.82, 2.24) is 15.0 Å². The van der Waals surface area contributed by atoms with E-state index in [1.807, 2.05) is 24.3 Å². The number of esters is 1. The fourth-order valence-electron chi connectivity index (χ4n) is 2.91. The summed E-state index contributed by atoms with van der Waals surface area (Å²) in [6.07, 6.45) is 5.94. The zero-order chi connectivity index (χ0) is 19.3. The van der Waals surface area contributed by atoms with E-state index < -0.39 is 0 Å². The molecule has 0 fully saturated rings. The van der Waals surface area contributed by atoms with Gasteiger partial charge in [-0.15, -0.1) is 11.3 Å². The molecule has 0 saturated carbocycles. The molecule has 0 amide bonds. The zero-order valence-electron chi connectivity index (χ0n) is 15.3. The maximum absolute atomic E-state index is 12.2. The SMILES string of the molecule is CCOC(=O)c1csc2ncnc(Nc3ccc(Cc4ccncc4)cc3)c12. The first-order valence-electron chi connectivity index (χ1n) is 8.89. The van der Waals surface area contributed by atoms with Gasteiger partial charge < -0.3 is 10.1 Å². The van der Waals surface area contributed by atoms with E-state index >= 15 is 0 Å². The predicted octanol–water partition coefficient (Wildman–Crippen LogP) is 4.60. The monoisotopic (exact) mass is 390 g/mol. The Morgan fingerprint density at radius 1 is 1.07 bits per heavy atom. The van der Waals surface area contributed by atoms with Gasteiger partial charge >= 0.3 is 5.97 Å². The highest BCUT2D eigenvalue weighted by Gasteiger charge is 2.18. The lowest BCUT2D eigenvalue weighted by Crippen LogP contribution is -2.05. The van der Waals surface area contributed by atoms with E-state index in [4.69, 9.17) is 4.74 Å². The van der Waals surface area contributed by atoms with Crippen molar-refractivity contribution in [3.05, 3.63) is 77.2 Å². The number of hydrogen-bond donors (Lipinski definition) is 1. The molecule has 0 aliphatic heterocycles. The molecule has 7 heteroatoms. The lowest BCUT2D eigenvalue weighted by molar-refractivity contribution is 0.0529. The number of fused-ring (bicyclic) bond motifs is 1. The molecule has 0 saturated heterocycles. The number of pyridine rings is 1. The summed E-state index contributed by atoms with van der Waals surface area (Å²) in [5, 5.41) is 5.75. The van der Waals surface area contributed by atoms with E-state index in [2.05, 4.69) is 32.4 Å². The number of anilines is 2. The molecule has 1 aromatic carbocycles. The van der Waals surface area contributed by atoms with Crippen LogP contribution in [0.15, 0.2) is 60.5 Å². The van der Waals surface area contributed by atoms with Crippen LogP contribution in [0.3, 0.4) is 0 Å². The lowest BCUT2D eigenvalue weighted by Gasteiger charge is -2.09. The Balaban J connectivity index is 1.58. The lowest BCUT2D eigenvalue weighted by atomic mass is 10.1. The number of nitrogens with one attached hydrogen (secondary N) is 1. The number of ether oxygens (including phenoxy) is 1. The first kappa shape index (κ1) is 18.1. The molecule has 4 aromatic rings. The standard InChI is InChI=1S/C21H18N4O2S/c1-2-27-21(26)17-12-28-20-18(17)19(23-13-24-20)25-16-5-3-14(4-6-16)11-15-7-9-22-10-8-15/h3-10,12-13H,2,11H2,1H3,(H,23,24,25). The van der Waals surface area contributed by atoms with Crippen molar-refractivity contribution < 1.29 is 9.53 Å². The van der Waals surface area contributed by atoms with Gasteiger partial charge in [-0.05, 0) is 48.7 Å². The van der Waals surface area contributed by atoms with Gasteiger partial charge in [0.25, 0.3) is 0 Å². The molecule has 3 aromatic heterocycles. The summed E-state index contributed by atoms with van der Waals surface area (Å²) in [5.74, 6) is 0.232. The molecule has 28 heavy (non-hydrogen) atoms. The van der Waals surface area contributed by atoms with Crippen LogP contribution in [-0.4, -0.2) is 27.5 Å². The van der Waals surface area contributed by atoms with E-state index in [0.717, 1.165) is 16.9 Å². The van der Waals surface area contributed by atoms with E-state index in [0.29, 0.717) is 23.4 Å². The Hall–Kier alpha value is -3.32. The van der Waals surface area contributed by atoms with Gasteiger partial charge in [0.2, 0.25) is 0 Å². The molecule has 0 spiro atoms. The molecule has 0 radical (unpaired) electrons. The van der Waals surface area contributed by atoms with E-state index in [9.17, 15) is 4.79 Å². The first-order chi connectivity index (χ1) is 13.7. The Bertz CT molecular complexity index is 1090. The Labute approximate surface area is 166 Å². The number of aromatic nitrogens is 3. The van der Waals surface area contributed by atoms with Crippen LogP contribution in [-0.2, 0) is 11.2 Å². The average molecular weight is 390 g/mol. The van der Waals surface area contributed by atoms with Crippen molar-refractivity contribution in [2.75, 3.05) is 11.9 Å². The summed E-state index contributed by atoms with van der Waals surface area (Å²) in [4.78, 5) is 25.6. The maximum Gasteiger partial charge on any atom is 0.339 e. The van der Waals surface area contributed by atoms with Crippen molar-refractivity contribution in [3.63, 3.8) is 0 Å². The molecule has 140 valence electrons. The molecular formula is C21H18N4O2S. The molecule has 3 heterocycles. The maximum atomic E-state index is 12.2. The molecule has 0 aliphatic carbocycles. The number of hydrogen-bond acceptors (Lipinski definition) is 7. The van der Waals surface area contributed by atoms with Crippen molar-refractivity contribution in [2.24, 2.45) is 0 Å². The van der Waals surface area contributed by atoms with Gasteiger partial charge in [0.05, 0.1) is 17.6 Å². The third-order valence-electron chi connectivity index (χ3n) is 4.24. The highest BCUT2D eigenvalue weighted by Crippen LogP contribution is 2.31. The second kappa shape index (κ2) is 8.14. The predicted molar refractivity (Wildman–Crippen MR) is 110 cm³/mol. The molecule has 0 bridgehead atoms. The number of thiophene rings is 1. The molecule has 0 atom stereocenters. The minimum atomic E-state index is -0.362. The second-order valence-corrected chi connectivity index (χ2v) is 6.98. The topological polar surface area (TPSA) is 77.0 Å². The van der Waals surface area contributed by atoms with Crippen LogP contribution >= 0.6 is 11.3 Å². The summed E-state index contributed by atoms with van der Waals surface area (Å²) < 4.78 is 5.15. The summed E-state index contributed by atoms with van der Waals surface area (Å²) in [7, 11) is 0. The van der Waals surface area contributed by atoms with Crippen molar-refractivity contribution >= 4 is 39.0 Å². The highest BCUT2D eigenvalue weighted by atomic mass is 32.1. The number of benzene rings is 1. The fourth-order valence-corrected chi connectivity index (χ4v) is 3.78. The van der Waals surface area contributed by atoms with Crippen LogP contribution in [0.2, 0.25) is 0 Å². The summed E-state index contributed by atoms with van der Waals surface area (Å²) in [5.41, 5.74) is 3.79. The number of nitrogens with zero attached hydrogens (tertiary/aromatic N) is 3. The van der Waals surface area contributed by atoms with Crippen LogP contribution < -0.4 is 5.32 Å². The molecular weight excluding hydrogens is 372 g/mol. The summed E-state index contributed by atoms with van der Waals surface area (Å²) in [6.45, 7) is 2.11. The second-order valence-electron chi connectivity index (χ2n) is 6.13. The largest absolute Gasteiger partial charge is 0.462 e. The quantitative estimate of drug-likeness (QED) is 0.485. The first-order valence-corrected chi connectivity index (χ1v) is 9.76. The summed E-state index contributed by atoms with van der Waals surface area (Å²) >= 11 is 1.40. The smallest absolute Gasteiger partial charge is 0.339 e. The Morgan fingerprint density at radius 3 is 2.57 bits per heavy atom. The molecule has 0 unspecified atom stereocenters. The van der Waals surface area contributed by atoms with Crippen molar-refractivity contribution in [1.29, 1.82) is 0 Å². The molecule has 6 nitrogen and oxygen atoms in total.